The maximum Gasteiger partial charge on any atom is 0.101 e. The van der Waals surface area contributed by atoms with E-state index in [1.807, 2.05) is 6.07 Å². The van der Waals surface area contributed by atoms with Crippen molar-refractivity contribution in [3.63, 3.8) is 0 Å². The molecule has 0 radical (unpaired) electrons. The number of nitrogens with one attached hydrogen (secondary N) is 1. The molecule has 1 fully saturated rings. The van der Waals surface area contributed by atoms with E-state index < -0.39 is 0 Å². The van der Waals surface area contributed by atoms with Crippen LogP contribution in [0.1, 0.15) is 51.2 Å². The molecule has 0 aromatic heterocycles. The lowest BCUT2D eigenvalue weighted by atomic mass is 10.0. The second-order valence-electron chi connectivity index (χ2n) is 6.53. The fraction of sp³-hybridized carbons (Fsp3) is 0.611. The van der Waals surface area contributed by atoms with E-state index in [0.717, 1.165) is 30.9 Å². The molecule has 1 aliphatic rings. The van der Waals surface area contributed by atoms with Gasteiger partial charge in [0.25, 0.3) is 0 Å². The zero-order valence-electron chi connectivity index (χ0n) is 13.5. The average Bonchev–Trinajstić information content (AvgIpc) is 2.47. The summed E-state index contributed by atoms with van der Waals surface area (Å²) in [6.07, 6.45) is 3.76. The SMILES string of the molecule is CC(C)CNCc1ccc(N2CCCCC2C)c(C#N)c1. The van der Waals surface area contributed by atoms with Crippen LogP contribution in [0, 0.1) is 17.2 Å². The molecule has 114 valence electrons. The van der Waals surface area contributed by atoms with Gasteiger partial charge in [-0.25, -0.2) is 0 Å². The number of hydrogen-bond donors (Lipinski definition) is 1. The summed E-state index contributed by atoms with van der Waals surface area (Å²) in [5, 5.41) is 12.9. The lowest BCUT2D eigenvalue weighted by Crippen LogP contribution is -2.37. The Morgan fingerprint density at radius 1 is 1.38 bits per heavy atom. The van der Waals surface area contributed by atoms with Crippen molar-refractivity contribution >= 4 is 5.69 Å². The van der Waals surface area contributed by atoms with Crippen LogP contribution in [0.5, 0.6) is 0 Å². The van der Waals surface area contributed by atoms with E-state index in [1.54, 1.807) is 0 Å². The predicted octanol–water partition coefficient (Wildman–Crippen LogP) is 3.68. The van der Waals surface area contributed by atoms with Crippen LogP contribution in [0.3, 0.4) is 0 Å². The molecule has 1 aliphatic heterocycles. The number of hydrogen-bond acceptors (Lipinski definition) is 3. The molecule has 1 unspecified atom stereocenters. The Kier molecular flexibility index (Phi) is 5.64. The molecule has 0 aliphatic carbocycles. The van der Waals surface area contributed by atoms with Gasteiger partial charge in [-0.05, 0) is 56.3 Å². The highest BCUT2D eigenvalue weighted by Gasteiger charge is 2.20. The number of anilines is 1. The Balaban J connectivity index is 2.11. The average molecular weight is 285 g/mol. The summed E-state index contributed by atoms with van der Waals surface area (Å²) in [4.78, 5) is 2.40. The molecular weight excluding hydrogens is 258 g/mol. The van der Waals surface area contributed by atoms with Crippen molar-refractivity contribution in [2.75, 3.05) is 18.0 Å². The van der Waals surface area contributed by atoms with Crippen LogP contribution < -0.4 is 10.2 Å². The smallest absolute Gasteiger partial charge is 0.101 e. The quantitative estimate of drug-likeness (QED) is 0.897. The van der Waals surface area contributed by atoms with E-state index in [4.69, 9.17) is 0 Å². The first-order valence-electron chi connectivity index (χ1n) is 8.12. The summed E-state index contributed by atoms with van der Waals surface area (Å²) in [5.41, 5.74) is 3.12. The molecule has 1 atom stereocenters. The Bertz CT molecular complexity index is 502. The van der Waals surface area contributed by atoms with Gasteiger partial charge >= 0.3 is 0 Å². The fourth-order valence-corrected chi connectivity index (χ4v) is 2.99. The summed E-state index contributed by atoms with van der Waals surface area (Å²) < 4.78 is 0. The van der Waals surface area contributed by atoms with Gasteiger partial charge in [0.1, 0.15) is 6.07 Å². The third kappa shape index (κ3) is 4.22. The van der Waals surface area contributed by atoms with Crippen molar-refractivity contribution in [3.05, 3.63) is 29.3 Å². The molecular formula is C18H27N3. The Labute approximate surface area is 129 Å². The van der Waals surface area contributed by atoms with E-state index in [1.165, 1.54) is 24.8 Å². The number of rotatable bonds is 5. The van der Waals surface area contributed by atoms with E-state index in [9.17, 15) is 5.26 Å². The maximum absolute atomic E-state index is 9.48. The van der Waals surface area contributed by atoms with E-state index in [-0.39, 0.29) is 0 Å². The summed E-state index contributed by atoms with van der Waals surface area (Å²) in [6.45, 7) is 9.58. The van der Waals surface area contributed by atoms with Crippen LogP contribution in [0.15, 0.2) is 18.2 Å². The fourth-order valence-electron chi connectivity index (χ4n) is 2.99. The van der Waals surface area contributed by atoms with Gasteiger partial charge in [0.15, 0.2) is 0 Å². The number of benzene rings is 1. The number of nitriles is 1. The minimum absolute atomic E-state index is 0.538. The third-order valence-corrected chi connectivity index (χ3v) is 4.18. The molecule has 1 saturated heterocycles. The van der Waals surface area contributed by atoms with Gasteiger partial charge in [0, 0.05) is 19.1 Å². The molecule has 0 spiro atoms. The Morgan fingerprint density at radius 3 is 2.86 bits per heavy atom. The van der Waals surface area contributed by atoms with Crippen molar-refractivity contribution in [1.82, 2.24) is 5.32 Å². The lowest BCUT2D eigenvalue weighted by Gasteiger charge is -2.36. The van der Waals surface area contributed by atoms with Crippen molar-refractivity contribution in [2.24, 2.45) is 5.92 Å². The maximum atomic E-state index is 9.48. The molecule has 3 heteroatoms. The van der Waals surface area contributed by atoms with Gasteiger partial charge in [-0.1, -0.05) is 19.9 Å². The summed E-state index contributed by atoms with van der Waals surface area (Å²) in [7, 11) is 0. The zero-order chi connectivity index (χ0) is 15.2. The molecule has 1 aromatic rings. The van der Waals surface area contributed by atoms with Crippen LogP contribution in [-0.4, -0.2) is 19.1 Å². The van der Waals surface area contributed by atoms with Crippen LogP contribution in [0.25, 0.3) is 0 Å². The second kappa shape index (κ2) is 7.47. The molecule has 2 rings (SSSR count). The minimum atomic E-state index is 0.538. The molecule has 3 nitrogen and oxygen atoms in total. The molecule has 21 heavy (non-hydrogen) atoms. The first-order valence-corrected chi connectivity index (χ1v) is 8.12. The van der Waals surface area contributed by atoms with Crippen molar-refractivity contribution < 1.29 is 0 Å². The first kappa shape index (κ1) is 15.9. The van der Waals surface area contributed by atoms with Gasteiger partial charge in [-0.2, -0.15) is 5.26 Å². The van der Waals surface area contributed by atoms with Crippen molar-refractivity contribution in [1.29, 1.82) is 5.26 Å². The molecule has 1 N–H and O–H groups in total. The molecule has 0 amide bonds. The number of nitrogens with zero attached hydrogens (tertiary/aromatic N) is 2. The molecule has 1 aromatic carbocycles. The molecule has 0 saturated carbocycles. The Hall–Kier alpha value is -1.53. The minimum Gasteiger partial charge on any atom is -0.368 e. The van der Waals surface area contributed by atoms with Crippen molar-refractivity contribution in [3.8, 4) is 6.07 Å². The summed E-state index contributed by atoms with van der Waals surface area (Å²) in [6, 6.07) is 9.26. The monoisotopic (exact) mass is 285 g/mol. The van der Waals surface area contributed by atoms with Gasteiger partial charge in [-0.3, -0.25) is 0 Å². The zero-order valence-corrected chi connectivity index (χ0v) is 13.5. The van der Waals surface area contributed by atoms with Gasteiger partial charge in [0.2, 0.25) is 0 Å². The van der Waals surface area contributed by atoms with E-state index >= 15 is 0 Å². The molecule has 0 bridgehead atoms. The van der Waals surface area contributed by atoms with E-state index in [0.29, 0.717) is 12.0 Å². The van der Waals surface area contributed by atoms with Crippen LogP contribution >= 0.6 is 0 Å². The topological polar surface area (TPSA) is 39.1 Å². The standard InChI is InChI=1S/C18H27N3/c1-14(2)12-20-13-16-7-8-18(17(10-16)11-19)21-9-5-4-6-15(21)3/h7-8,10,14-15,20H,4-6,9,12-13H2,1-3H3. The largest absolute Gasteiger partial charge is 0.368 e. The van der Waals surface area contributed by atoms with Gasteiger partial charge < -0.3 is 10.2 Å². The predicted molar refractivity (Wildman–Crippen MR) is 88.4 cm³/mol. The second-order valence-corrected chi connectivity index (χ2v) is 6.53. The van der Waals surface area contributed by atoms with Crippen LogP contribution in [-0.2, 0) is 6.54 Å². The van der Waals surface area contributed by atoms with Gasteiger partial charge in [-0.15, -0.1) is 0 Å². The highest BCUT2D eigenvalue weighted by atomic mass is 15.2. The first-order chi connectivity index (χ1) is 10.1. The summed E-state index contributed by atoms with van der Waals surface area (Å²) >= 11 is 0. The van der Waals surface area contributed by atoms with Gasteiger partial charge in [0.05, 0.1) is 11.3 Å². The summed E-state index contributed by atoms with van der Waals surface area (Å²) in [5.74, 6) is 0.647. The number of piperidine rings is 1. The van der Waals surface area contributed by atoms with E-state index in [2.05, 4.69) is 49.2 Å². The lowest BCUT2D eigenvalue weighted by molar-refractivity contribution is 0.484. The molecule has 1 heterocycles. The highest BCUT2D eigenvalue weighted by Crippen LogP contribution is 2.28. The van der Waals surface area contributed by atoms with Crippen LogP contribution in [0.2, 0.25) is 0 Å². The highest BCUT2D eigenvalue weighted by molar-refractivity contribution is 5.61. The normalized spacial score (nSPS) is 18.8. The van der Waals surface area contributed by atoms with Crippen molar-refractivity contribution in [2.45, 2.75) is 52.6 Å². The third-order valence-electron chi connectivity index (χ3n) is 4.18. The van der Waals surface area contributed by atoms with Crippen LogP contribution in [0.4, 0.5) is 5.69 Å². The Morgan fingerprint density at radius 2 is 2.19 bits per heavy atom.